The molecule has 1 N–H and O–H groups in total. The van der Waals surface area contributed by atoms with Crippen molar-refractivity contribution in [2.45, 2.75) is 11.8 Å². The first kappa shape index (κ1) is 9.53. The van der Waals surface area contributed by atoms with Crippen LogP contribution in [0.4, 0.5) is 0 Å². The number of aliphatic carboxylic acids is 1. The smallest absolute Gasteiger partial charge is 0.353 e. The molecule has 82 valence electrons. The fraction of sp³-hybridized carbons (Fsp3) is 0.200. The molecule has 0 unspecified atom stereocenters. The van der Waals surface area contributed by atoms with Crippen molar-refractivity contribution < 1.29 is 19.1 Å². The molecule has 5 nitrogen and oxygen atoms in total. The average molecular weight is 237 g/mol. The third-order valence-electron chi connectivity index (χ3n) is 2.56. The monoisotopic (exact) mass is 237 g/mol. The standard InChI is InChI=1S/C10H7NO4S/c12-6-4-7-11(6)8(10(13)14)9(16-7)5-2-1-3-15-5/h1-3,7H,4H2,(H,13,14)/t7-/m0/s1. The molecule has 3 heterocycles. The van der Waals surface area contributed by atoms with E-state index >= 15 is 0 Å². The topological polar surface area (TPSA) is 70.7 Å². The van der Waals surface area contributed by atoms with Gasteiger partial charge in [0.05, 0.1) is 23.0 Å². The maximum atomic E-state index is 11.3. The Morgan fingerprint density at radius 1 is 1.62 bits per heavy atom. The van der Waals surface area contributed by atoms with E-state index in [0.29, 0.717) is 17.1 Å². The molecule has 2 aliphatic rings. The number of hydrogen-bond acceptors (Lipinski definition) is 4. The normalized spacial score (nSPS) is 23.4. The van der Waals surface area contributed by atoms with Crippen molar-refractivity contribution in [3.63, 3.8) is 0 Å². The number of amides is 1. The Labute approximate surface area is 94.7 Å². The highest BCUT2D eigenvalue weighted by molar-refractivity contribution is 8.09. The first-order valence-electron chi connectivity index (χ1n) is 4.68. The molecule has 1 saturated heterocycles. The summed E-state index contributed by atoms with van der Waals surface area (Å²) in [5, 5.41) is 9.04. The van der Waals surface area contributed by atoms with Gasteiger partial charge in [0.15, 0.2) is 0 Å². The summed E-state index contributed by atoms with van der Waals surface area (Å²) in [6.45, 7) is 0. The van der Waals surface area contributed by atoms with Gasteiger partial charge in [0, 0.05) is 0 Å². The van der Waals surface area contributed by atoms with E-state index in [1.165, 1.54) is 22.9 Å². The number of carboxylic acids is 1. The van der Waals surface area contributed by atoms with Gasteiger partial charge in [-0.3, -0.25) is 9.69 Å². The molecule has 6 heteroatoms. The van der Waals surface area contributed by atoms with E-state index in [0.717, 1.165) is 0 Å². The van der Waals surface area contributed by atoms with Gasteiger partial charge in [-0.2, -0.15) is 0 Å². The minimum atomic E-state index is -1.09. The van der Waals surface area contributed by atoms with Crippen LogP contribution in [-0.4, -0.2) is 27.3 Å². The van der Waals surface area contributed by atoms with Crippen LogP contribution in [0.1, 0.15) is 12.2 Å². The number of β-lactam (4-membered cyclic amide) rings is 1. The SMILES string of the molecule is O=C(O)C1=C(c2ccco2)S[C@H]2CC(=O)N12. The second-order valence-corrected chi connectivity index (χ2v) is 4.69. The summed E-state index contributed by atoms with van der Waals surface area (Å²) in [6, 6.07) is 3.39. The second-order valence-electron chi connectivity index (χ2n) is 3.50. The first-order valence-corrected chi connectivity index (χ1v) is 5.56. The van der Waals surface area contributed by atoms with E-state index in [2.05, 4.69) is 0 Å². The second kappa shape index (κ2) is 3.15. The number of carbonyl (C=O) groups excluding carboxylic acids is 1. The number of hydrogen-bond donors (Lipinski definition) is 1. The number of rotatable bonds is 2. The highest BCUT2D eigenvalue weighted by atomic mass is 32.2. The molecule has 0 bridgehead atoms. The lowest BCUT2D eigenvalue weighted by Crippen LogP contribution is -2.48. The predicted molar refractivity (Wildman–Crippen MR) is 56.1 cm³/mol. The van der Waals surface area contributed by atoms with Crippen molar-refractivity contribution >= 4 is 28.5 Å². The van der Waals surface area contributed by atoms with Gasteiger partial charge in [-0.15, -0.1) is 0 Å². The molecule has 2 aliphatic heterocycles. The molecule has 16 heavy (non-hydrogen) atoms. The zero-order valence-electron chi connectivity index (χ0n) is 8.04. The van der Waals surface area contributed by atoms with Crippen molar-refractivity contribution in [3.8, 4) is 0 Å². The van der Waals surface area contributed by atoms with Crippen LogP contribution in [0.3, 0.4) is 0 Å². The fourth-order valence-electron chi connectivity index (χ4n) is 1.83. The number of furan rings is 1. The molecule has 0 aliphatic carbocycles. The molecule has 1 fully saturated rings. The van der Waals surface area contributed by atoms with Gasteiger partial charge in [0.2, 0.25) is 5.91 Å². The molecule has 0 spiro atoms. The van der Waals surface area contributed by atoms with Crippen LogP contribution < -0.4 is 0 Å². The number of carbonyl (C=O) groups is 2. The zero-order chi connectivity index (χ0) is 11.3. The Bertz CT molecular complexity index is 505. The Morgan fingerprint density at radius 3 is 3.00 bits per heavy atom. The summed E-state index contributed by atoms with van der Waals surface area (Å²) in [4.78, 5) is 24.3. The minimum absolute atomic E-state index is 0.0428. The third-order valence-corrected chi connectivity index (χ3v) is 3.84. The molecule has 1 aromatic rings. The summed E-state index contributed by atoms with van der Waals surface area (Å²) >= 11 is 1.37. The summed E-state index contributed by atoms with van der Waals surface area (Å²) in [5.74, 6) is -0.726. The summed E-state index contributed by atoms with van der Waals surface area (Å²) in [6.07, 6.45) is 1.88. The maximum absolute atomic E-state index is 11.3. The van der Waals surface area contributed by atoms with Crippen molar-refractivity contribution in [2.75, 3.05) is 0 Å². The Morgan fingerprint density at radius 2 is 2.44 bits per heavy atom. The number of carboxylic acid groups (broad SMARTS) is 1. The molecular formula is C10H7NO4S. The zero-order valence-corrected chi connectivity index (χ0v) is 8.86. The molecule has 0 aromatic carbocycles. The van der Waals surface area contributed by atoms with Gasteiger partial charge in [-0.1, -0.05) is 11.8 Å². The highest BCUT2D eigenvalue weighted by Crippen LogP contribution is 2.50. The van der Waals surface area contributed by atoms with Gasteiger partial charge in [0.25, 0.3) is 0 Å². The Hall–Kier alpha value is -1.69. The first-order chi connectivity index (χ1) is 7.68. The lowest BCUT2D eigenvalue weighted by Gasteiger charge is -2.33. The molecule has 1 atom stereocenters. The number of nitrogens with zero attached hydrogens (tertiary/aromatic N) is 1. The van der Waals surface area contributed by atoms with Crippen LogP contribution in [0.2, 0.25) is 0 Å². The Kier molecular flexibility index (Phi) is 1.88. The molecule has 0 saturated carbocycles. The van der Waals surface area contributed by atoms with Crippen LogP contribution in [-0.2, 0) is 9.59 Å². The van der Waals surface area contributed by atoms with Gasteiger partial charge >= 0.3 is 5.97 Å². The molecule has 1 amide bonds. The predicted octanol–water partition coefficient (Wildman–Crippen LogP) is 1.34. The molecule has 3 rings (SSSR count). The quantitative estimate of drug-likeness (QED) is 0.786. The van der Waals surface area contributed by atoms with E-state index < -0.39 is 5.97 Å². The van der Waals surface area contributed by atoms with Gasteiger partial charge < -0.3 is 9.52 Å². The Balaban J connectivity index is 2.10. The van der Waals surface area contributed by atoms with Crippen molar-refractivity contribution in [1.29, 1.82) is 0 Å². The van der Waals surface area contributed by atoms with Crippen LogP contribution >= 0.6 is 11.8 Å². The maximum Gasteiger partial charge on any atom is 0.353 e. The van der Waals surface area contributed by atoms with Crippen molar-refractivity contribution in [3.05, 3.63) is 29.9 Å². The number of fused-ring (bicyclic) bond motifs is 1. The molecular weight excluding hydrogens is 230 g/mol. The van der Waals surface area contributed by atoms with E-state index in [1.54, 1.807) is 12.1 Å². The minimum Gasteiger partial charge on any atom is -0.477 e. The van der Waals surface area contributed by atoms with Gasteiger partial charge in [-0.25, -0.2) is 4.79 Å². The third kappa shape index (κ3) is 1.13. The van der Waals surface area contributed by atoms with Crippen LogP contribution in [0.25, 0.3) is 4.91 Å². The summed E-state index contributed by atoms with van der Waals surface area (Å²) in [7, 11) is 0. The van der Waals surface area contributed by atoms with Crippen LogP contribution in [0.5, 0.6) is 0 Å². The largest absolute Gasteiger partial charge is 0.477 e. The summed E-state index contributed by atoms with van der Waals surface area (Å²) < 4.78 is 5.18. The van der Waals surface area contributed by atoms with Gasteiger partial charge in [0.1, 0.15) is 11.5 Å². The van der Waals surface area contributed by atoms with Crippen molar-refractivity contribution in [1.82, 2.24) is 4.90 Å². The van der Waals surface area contributed by atoms with Crippen LogP contribution in [0, 0.1) is 0 Å². The van der Waals surface area contributed by atoms with Crippen LogP contribution in [0.15, 0.2) is 28.5 Å². The van der Waals surface area contributed by atoms with Crippen molar-refractivity contribution in [2.24, 2.45) is 0 Å². The lowest BCUT2D eigenvalue weighted by molar-refractivity contribution is -0.145. The lowest BCUT2D eigenvalue weighted by atomic mass is 10.1. The van der Waals surface area contributed by atoms with E-state index in [9.17, 15) is 9.59 Å². The fourth-order valence-corrected chi connectivity index (χ4v) is 3.19. The highest BCUT2D eigenvalue weighted by Gasteiger charge is 2.49. The molecule has 1 aromatic heterocycles. The number of thioether (sulfide) groups is 1. The average Bonchev–Trinajstić information content (AvgIpc) is 2.80. The van der Waals surface area contributed by atoms with E-state index in [4.69, 9.17) is 9.52 Å². The van der Waals surface area contributed by atoms with E-state index in [1.807, 2.05) is 0 Å². The molecule has 0 radical (unpaired) electrons. The van der Waals surface area contributed by atoms with Gasteiger partial charge in [-0.05, 0) is 12.1 Å². The summed E-state index contributed by atoms with van der Waals surface area (Å²) in [5.41, 5.74) is 0.0428. The van der Waals surface area contributed by atoms with E-state index in [-0.39, 0.29) is 17.0 Å².